The average molecular weight is 453 g/mol. The zero-order chi connectivity index (χ0) is 21.8. The number of fused-ring (bicyclic) bond motifs is 4. The lowest BCUT2D eigenvalue weighted by Crippen LogP contribution is -2.47. The maximum absolute atomic E-state index is 13.6. The number of hydrogen-bond donors (Lipinski definition) is 2. The summed E-state index contributed by atoms with van der Waals surface area (Å²) in [7, 11) is 0. The molecule has 0 aromatic carbocycles. The third-order valence-corrected chi connectivity index (χ3v) is 7.28. The molecule has 4 aromatic heterocycles. The molecule has 3 aliphatic rings. The van der Waals surface area contributed by atoms with Crippen LogP contribution in [0, 0.1) is 23.8 Å². The summed E-state index contributed by atoms with van der Waals surface area (Å²) in [5.74, 6) is 3.44. The van der Waals surface area contributed by atoms with E-state index in [4.69, 9.17) is 21.0 Å². The van der Waals surface area contributed by atoms with Gasteiger partial charge in [0, 0.05) is 24.4 Å². The van der Waals surface area contributed by atoms with Gasteiger partial charge in [0.05, 0.1) is 11.8 Å². The SMILES string of the molecule is C[C@H]1C2CCC(CC2)[C@@H]1Nc1cc(-c2ccc(F)o2)nc(-c2c[nH]c3ncc(Cl)nc23)n1. The van der Waals surface area contributed by atoms with Crippen molar-refractivity contribution in [3.05, 3.63) is 41.8 Å². The number of anilines is 1. The van der Waals surface area contributed by atoms with Crippen LogP contribution in [0.4, 0.5) is 10.2 Å². The maximum Gasteiger partial charge on any atom is 0.278 e. The fourth-order valence-electron chi connectivity index (χ4n) is 5.43. The number of hydrogen-bond acceptors (Lipinski definition) is 6. The van der Waals surface area contributed by atoms with Gasteiger partial charge < -0.3 is 14.7 Å². The molecule has 164 valence electrons. The Labute approximate surface area is 188 Å². The van der Waals surface area contributed by atoms with E-state index in [1.165, 1.54) is 37.9 Å². The van der Waals surface area contributed by atoms with Crippen molar-refractivity contribution in [3.8, 4) is 22.8 Å². The van der Waals surface area contributed by atoms with Crippen molar-refractivity contribution in [1.29, 1.82) is 0 Å². The second-order valence-electron chi connectivity index (χ2n) is 8.86. The molecule has 2 N–H and O–H groups in total. The first-order valence-electron chi connectivity index (χ1n) is 11.0. The van der Waals surface area contributed by atoms with Crippen molar-refractivity contribution in [2.75, 3.05) is 5.32 Å². The molecule has 2 atom stereocenters. The fourth-order valence-corrected chi connectivity index (χ4v) is 5.57. The summed E-state index contributed by atoms with van der Waals surface area (Å²) in [4.78, 5) is 21.2. The number of aromatic amines is 1. The highest BCUT2D eigenvalue weighted by molar-refractivity contribution is 6.29. The van der Waals surface area contributed by atoms with E-state index < -0.39 is 6.01 Å². The molecule has 32 heavy (non-hydrogen) atoms. The van der Waals surface area contributed by atoms with Crippen LogP contribution in [0.3, 0.4) is 0 Å². The molecule has 0 amide bonds. The normalized spacial score (nSPS) is 24.8. The number of nitrogens with zero attached hydrogens (tertiary/aromatic N) is 4. The van der Waals surface area contributed by atoms with Crippen LogP contribution in [0.2, 0.25) is 5.15 Å². The summed E-state index contributed by atoms with van der Waals surface area (Å²) in [5, 5.41) is 3.97. The zero-order valence-corrected chi connectivity index (χ0v) is 18.2. The van der Waals surface area contributed by atoms with Gasteiger partial charge in [-0.25, -0.2) is 19.9 Å². The summed E-state index contributed by atoms with van der Waals surface area (Å²) in [6, 6.07) is 4.37. The molecule has 0 aliphatic heterocycles. The Bertz CT molecular complexity index is 1290. The van der Waals surface area contributed by atoms with E-state index in [1.54, 1.807) is 12.3 Å². The summed E-state index contributed by atoms with van der Waals surface area (Å²) >= 11 is 6.08. The number of H-pyrrole nitrogens is 1. The molecule has 2 bridgehead atoms. The van der Waals surface area contributed by atoms with Crippen LogP contribution in [-0.2, 0) is 0 Å². The largest absolute Gasteiger partial charge is 0.429 e. The van der Waals surface area contributed by atoms with E-state index in [-0.39, 0.29) is 5.15 Å². The van der Waals surface area contributed by atoms with Crippen LogP contribution in [-0.4, -0.2) is 31.0 Å². The van der Waals surface area contributed by atoms with Crippen molar-refractivity contribution < 1.29 is 8.81 Å². The van der Waals surface area contributed by atoms with E-state index >= 15 is 0 Å². The minimum Gasteiger partial charge on any atom is -0.429 e. The van der Waals surface area contributed by atoms with Crippen molar-refractivity contribution in [1.82, 2.24) is 24.9 Å². The molecule has 3 aliphatic carbocycles. The van der Waals surface area contributed by atoms with Gasteiger partial charge in [0.25, 0.3) is 6.01 Å². The van der Waals surface area contributed by atoms with Crippen LogP contribution >= 0.6 is 11.6 Å². The first-order valence-corrected chi connectivity index (χ1v) is 11.3. The molecule has 0 spiro atoms. The lowest BCUT2D eigenvalue weighted by molar-refractivity contribution is 0.0928. The minimum absolute atomic E-state index is 0.285. The molecule has 9 heteroatoms. The monoisotopic (exact) mass is 452 g/mol. The van der Waals surface area contributed by atoms with Crippen molar-refractivity contribution in [3.63, 3.8) is 0 Å². The summed E-state index contributed by atoms with van der Waals surface area (Å²) < 4.78 is 18.8. The van der Waals surface area contributed by atoms with E-state index in [2.05, 4.69) is 32.2 Å². The first-order chi connectivity index (χ1) is 15.5. The van der Waals surface area contributed by atoms with Gasteiger partial charge in [-0.15, -0.1) is 0 Å². The molecule has 0 unspecified atom stereocenters. The lowest BCUT2D eigenvalue weighted by atomic mass is 9.62. The van der Waals surface area contributed by atoms with Crippen LogP contribution in [0.5, 0.6) is 0 Å². The molecule has 4 heterocycles. The number of nitrogens with one attached hydrogen (secondary N) is 2. The highest BCUT2D eigenvalue weighted by Crippen LogP contribution is 2.46. The predicted molar refractivity (Wildman–Crippen MR) is 120 cm³/mol. The van der Waals surface area contributed by atoms with Gasteiger partial charge in [0.2, 0.25) is 0 Å². The number of furan rings is 1. The Kier molecular flexibility index (Phi) is 4.64. The van der Waals surface area contributed by atoms with E-state index in [0.29, 0.717) is 57.7 Å². The van der Waals surface area contributed by atoms with Crippen molar-refractivity contribution >= 4 is 28.6 Å². The van der Waals surface area contributed by atoms with Gasteiger partial charge in [-0.2, -0.15) is 4.39 Å². The zero-order valence-electron chi connectivity index (χ0n) is 17.5. The van der Waals surface area contributed by atoms with Crippen molar-refractivity contribution in [2.45, 2.75) is 38.6 Å². The number of halogens is 2. The minimum atomic E-state index is -0.655. The second-order valence-corrected chi connectivity index (χ2v) is 9.25. The summed E-state index contributed by atoms with van der Waals surface area (Å²) in [6.07, 6.45) is 8.36. The third-order valence-electron chi connectivity index (χ3n) is 7.09. The number of aromatic nitrogens is 5. The summed E-state index contributed by atoms with van der Waals surface area (Å²) in [5.41, 5.74) is 2.34. The predicted octanol–water partition coefficient (Wildman–Crippen LogP) is 5.70. The van der Waals surface area contributed by atoms with E-state index in [9.17, 15) is 4.39 Å². The molecule has 3 fully saturated rings. The topological polar surface area (TPSA) is 92.5 Å². The molecule has 7 nitrogen and oxygen atoms in total. The fraction of sp³-hybridized carbons (Fsp3) is 0.391. The summed E-state index contributed by atoms with van der Waals surface area (Å²) in [6.45, 7) is 2.33. The molecule has 0 saturated heterocycles. The number of rotatable bonds is 4. The quantitative estimate of drug-likeness (QED) is 0.412. The standard InChI is InChI=1S/C23H22ClFN6O/c1-11-12-2-4-13(5-3-12)20(11)30-19-8-15(16-6-7-18(25)32-16)28-22(31-19)14-9-26-23-21(14)29-17(24)10-27-23/h6-13,20H,2-5H2,1H3,(H,26,27)(H,28,30,31)/t11-,12?,13?,20+/m0/s1. The van der Waals surface area contributed by atoms with E-state index in [1.807, 2.05) is 6.07 Å². The van der Waals surface area contributed by atoms with Gasteiger partial charge in [-0.1, -0.05) is 18.5 Å². The Balaban J connectivity index is 1.45. The van der Waals surface area contributed by atoms with Crippen LogP contribution in [0.1, 0.15) is 32.6 Å². The Morgan fingerprint density at radius 3 is 2.69 bits per heavy atom. The molecule has 3 saturated carbocycles. The van der Waals surface area contributed by atoms with Crippen LogP contribution in [0.25, 0.3) is 34.0 Å². The second kappa shape index (κ2) is 7.55. The highest BCUT2D eigenvalue weighted by atomic mass is 35.5. The Morgan fingerprint density at radius 2 is 1.94 bits per heavy atom. The van der Waals surface area contributed by atoms with Gasteiger partial charge in [-0.05, 0) is 49.5 Å². The van der Waals surface area contributed by atoms with Gasteiger partial charge in [0.15, 0.2) is 17.2 Å². The van der Waals surface area contributed by atoms with E-state index in [0.717, 1.165) is 5.92 Å². The van der Waals surface area contributed by atoms with Gasteiger partial charge in [-0.3, -0.25) is 0 Å². The molecular weight excluding hydrogens is 431 g/mol. The van der Waals surface area contributed by atoms with Gasteiger partial charge >= 0.3 is 0 Å². The molecule has 7 rings (SSSR count). The van der Waals surface area contributed by atoms with Gasteiger partial charge in [0.1, 0.15) is 22.2 Å². The lowest BCUT2D eigenvalue weighted by Gasteiger charge is -2.47. The molecule has 4 aromatic rings. The van der Waals surface area contributed by atoms with Crippen LogP contribution < -0.4 is 5.32 Å². The molecule has 0 radical (unpaired) electrons. The Morgan fingerprint density at radius 1 is 1.12 bits per heavy atom. The smallest absolute Gasteiger partial charge is 0.278 e. The molecular formula is C23H22ClFN6O. The van der Waals surface area contributed by atoms with Crippen LogP contribution in [0.15, 0.2) is 35.0 Å². The first kappa shape index (κ1) is 19.7. The van der Waals surface area contributed by atoms with Crippen molar-refractivity contribution in [2.24, 2.45) is 17.8 Å². The average Bonchev–Trinajstić information content (AvgIpc) is 3.42. The highest BCUT2D eigenvalue weighted by Gasteiger charge is 2.41. The Hall–Kier alpha value is -3.00. The maximum atomic E-state index is 13.6. The third kappa shape index (κ3) is 3.33.